The number of amides is 1. The van der Waals surface area contributed by atoms with Gasteiger partial charge in [-0.3, -0.25) is 9.59 Å². The van der Waals surface area contributed by atoms with E-state index in [2.05, 4.69) is 0 Å². The molecule has 120 valence electrons. The van der Waals surface area contributed by atoms with Gasteiger partial charge in [0.25, 0.3) is 0 Å². The summed E-state index contributed by atoms with van der Waals surface area (Å²) >= 11 is 0. The minimum Gasteiger partial charge on any atom is -0.497 e. The first-order chi connectivity index (χ1) is 10.6. The van der Waals surface area contributed by atoms with Gasteiger partial charge in [0.15, 0.2) is 0 Å². The molecular formula is C16H21NO5. The quantitative estimate of drug-likeness (QED) is 0.773. The summed E-state index contributed by atoms with van der Waals surface area (Å²) < 4.78 is 15.3. The molecule has 1 aromatic carbocycles. The molecule has 0 saturated carbocycles. The third-order valence-corrected chi connectivity index (χ3v) is 3.89. The predicted octanol–water partition coefficient (Wildman–Crippen LogP) is 1.62. The lowest BCUT2D eigenvalue weighted by Gasteiger charge is -2.31. The van der Waals surface area contributed by atoms with Crippen LogP contribution in [-0.2, 0) is 20.9 Å². The molecular weight excluding hydrogens is 286 g/mol. The van der Waals surface area contributed by atoms with Crippen molar-refractivity contribution in [3.05, 3.63) is 23.8 Å². The van der Waals surface area contributed by atoms with Gasteiger partial charge in [-0.2, -0.15) is 0 Å². The summed E-state index contributed by atoms with van der Waals surface area (Å²) in [6.45, 7) is 0.778. The fourth-order valence-corrected chi connectivity index (χ4v) is 2.61. The van der Waals surface area contributed by atoms with Crippen molar-refractivity contribution in [1.82, 2.24) is 4.90 Å². The second-order valence-electron chi connectivity index (χ2n) is 5.21. The number of piperidine rings is 1. The average Bonchev–Trinajstić information content (AvgIpc) is 2.56. The third kappa shape index (κ3) is 3.50. The van der Waals surface area contributed by atoms with Crippen LogP contribution < -0.4 is 9.47 Å². The largest absolute Gasteiger partial charge is 0.497 e. The molecule has 6 heteroatoms. The smallest absolute Gasteiger partial charge is 0.310 e. The van der Waals surface area contributed by atoms with Crippen molar-refractivity contribution in [3.8, 4) is 11.5 Å². The topological polar surface area (TPSA) is 65.1 Å². The fraction of sp³-hybridized carbons (Fsp3) is 0.500. The highest BCUT2D eigenvalue weighted by atomic mass is 16.5. The standard InChI is InChI=1S/C16H21NO5/c1-20-13-6-4-11(14(8-13)21-2)9-17-10-12(16(19)22-3)5-7-15(17)18/h4,6,8,12H,5,7,9-10H2,1-3H3/t12-/m1/s1. The Kier molecular flexibility index (Phi) is 5.25. The Morgan fingerprint density at radius 1 is 1.27 bits per heavy atom. The van der Waals surface area contributed by atoms with E-state index in [0.29, 0.717) is 37.4 Å². The van der Waals surface area contributed by atoms with E-state index in [4.69, 9.17) is 14.2 Å². The van der Waals surface area contributed by atoms with Crippen LogP contribution in [0.2, 0.25) is 0 Å². The molecule has 6 nitrogen and oxygen atoms in total. The Morgan fingerprint density at radius 2 is 2.05 bits per heavy atom. The number of likely N-dealkylation sites (tertiary alicyclic amines) is 1. The van der Waals surface area contributed by atoms with Crippen molar-refractivity contribution in [3.63, 3.8) is 0 Å². The maximum absolute atomic E-state index is 12.1. The molecule has 0 aromatic heterocycles. The second-order valence-corrected chi connectivity index (χ2v) is 5.21. The first kappa shape index (κ1) is 16.1. The highest BCUT2D eigenvalue weighted by molar-refractivity contribution is 5.81. The predicted molar refractivity (Wildman–Crippen MR) is 79.7 cm³/mol. The van der Waals surface area contributed by atoms with Crippen molar-refractivity contribution in [2.45, 2.75) is 19.4 Å². The van der Waals surface area contributed by atoms with Gasteiger partial charge in [-0.25, -0.2) is 0 Å². The summed E-state index contributed by atoms with van der Waals surface area (Å²) in [5.41, 5.74) is 0.877. The first-order valence-electron chi connectivity index (χ1n) is 7.15. The van der Waals surface area contributed by atoms with E-state index in [1.807, 2.05) is 12.1 Å². The average molecular weight is 307 g/mol. The molecule has 1 atom stereocenters. The van der Waals surface area contributed by atoms with Gasteiger partial charge in [0.05, 0.1) is 27.2 Å². The monoisotopic (exact) mass is 307 g/mol. The number of ether oxygens (including phenoxy) is 3. The molecule has 1 fully saturated rings. The summed E-state index contributed by atoms with van der Waals surface area (Å²) in [4.78, 5) is 25.4. The molecule has 0 bridgehead atoms. The minimum absolute atomic E-state index is 0.0398. The Bertz CT molecular complexity index is 557. The van der Waals surface area contributed by atoms with Gasteiger partial charge >= 0.3 is 5.97 Å². The van der Waals surface area contributed by atoms with E-state index >= 15 is 0 Å². The highest BCUT2D eigenvalue weighted by Gasteiger charge is 2.31. The summed E-state index contributed by atoms with van der Waals surface area (Å²) in [6.07, 6.45) is 0.903. The maximum atomic E-state index is 12.1. The number of carbonyl (C=O) groups excluding carboxylic acids is 2. The molecule has 1 amide bonds. The van der Waals surface area contributed by atoms with E-state index in [9.17, 15) is 9.59 Å². The molecule has 0 aliphatic carbocycles. The van der Waals surface area contributed by atoms with Crippen molar-refractivity contribution in [2.24, 2.45) is 5.92 Å². The lowest BCUT2D eigenvalue weighted by atomic mass is 9.97. The van der Waals surface area contributed by atoms with E-state index in [0.717, 1.165) is 5.56 Å². The summed E-state index contributed by atoms with van der Waals surface area (Å²) in [5, 5.41) is 0. The third-order valence-electron chi connectivity index (χ3n) is 3.89. The van der Waals surface area contributed by atoms with Gasteiger partial charge in [-0.05, 0) is 18.6 Å². The van der Waals surface area contributed by atoms with E-state index in [-0.39, 0.29) is 17.8 Å². The maximum Gasteiger partial charge on any atom is 0.310 e. The van der Waals surface area contributed by atoms with Crippen LogP contribution in [-0.4, -0.2) is 44.7 Å². The van der Waals surface area contributed by atoms with Crippen LogP contribution in [0.15, 0.2) is 18.2 Å². The molecule has 1 aliphatic rings. The van der Waals surface area contributed by atoms with Crippen LogP contribution in [0.4, 0.5) is 0 Å². The number of carbonyl (C=O) groups is 2. The van der Waals surface area contributed by atoms with Crippen molar-refractivity contribution in [2.75, 3.05) is 27.9 Å². The number of hydrogen-bond acceptors (Lipinski definition) is 5. The number of hydrogen-bond donors (Lipinski definition) is 0. The number of methoxy groups -OCH3 is 3. The zero-order chi connectivity index (χ0) is 16.1. The van der Waals surface area contributed by atoms with Crippen molar-refractivity contribution in [1.29, 1.82) is 0 Å². The summed E-state index contributed by atoms with van der Waals surface area (Å²) in [5.74, 6) is 0.870. The minimum atomic E-state index is -0.265. The van der Waals surface area contributed by atoms with Gasteiger partial charge < -0.3 is 19.1 Å². The van der Waals surface area contributed by atoms with Crippen LogP contribution >= 0.6 is 0 Å². The number of nitrogens with zero attached hydrogens (tertiary/aromatic N) is 1. The van der Waals surface area contributed by atoms with Crippen molar-refractivity contribution < 1.29 is 23.8 Å². The number of benzene rings is 1. The lowest BCUT2D eigenvalue weighted by Crippen LogP contribution is -2.42. The highest BCUT2D eigenvalue weighted by Crippen LogP contribution is 2.28. The van der Waals surface area contributed by atoms with Gasteiger partial charge in [0.1, 0.15) is 11.5 Å². The Labute approximate surface area is 129 Å². The summed E-state index contributed by atoms with van der Waals surface area (Å²) in [7, 11) is 4.53. The normalized spacial score (nSPS) is 18.0. The Morgan fingerprint density at radius 3 is 2.68 bits per heavy atom. The zero-order valence-corrected chi connectivity index (χ0v) is 13.1. The van der Waals surface area contributed by atoms with Gasteiger partial charge in [0.2, 0.25) is 5.91 Å². The fourth-order valence-electron chi connectivity index (χ4n) is 2.61. The van der Waals surface area contributed by atoms with Gasteiger partial charge in [0, 0.05) is 31.1 Å². The van der Waals surface area contributed by atoms with Crippen LogP contribution in [0, 0.1) is 5.92 Å². The Balaban J connectivity index is 2.14. The molecule has 0 unspecified atom stereocenters. The molecule has 2 rings (SSSR count). The first-order valence-corrected chi connectivity index (χ1v) is 7.15. The molecule has 22 heavy (non-hydrogen) atoms. The molecule has 1 aliphatic heterocycles. The number of esters is 1. The lowest BCUT2D eigenvalue weighted by molar-refractivity contribution is -0.150. The van der Waals surface area contributed by atoms with Crippen LogP contribution in [0.3, 0.4) is 0 Å². The molecule has 1 saturated heterocycles. The molecule has 1 aromatic rings. The van der Waals surface area contributed by atoms with Crippen LogP contribution in [0.25, 0.3) is 0 Å². The SMILES string of the molecule is COC(=O)[C@@H]1CCC(=O)N(Cc2ccc(OC)cc2OC)C1. The molecule has 0 radical (unpaired) electrons. The van der Waals surface area contributed by atoms with Crippen LogP contribution in [0.1, 0.15) is 18.4 Å². The van der Waals surface area contributed by atoms with E-state index in [1.54, 1.807) is 25.2 Å². The van der Waals surface area contributed by atoms with Crippen molar-refractivity contribution >= 4 is 11.9 Å². The second kappa shape index (κ2) is 7.15. The molecule has 0 N–H and O–H groups in total. The Hall–Kier alpha value is -2.24. The molecule has 1 heterocycles. The van der Waals surface area contributed by atoms with E-state index < -0.39 is 0 Å². The molecule has 0 spiro atoms. The summed E-state index contributed by atoms with van der Waals surface area (Å²) in [6, 6.07) is 5.47. The van der Waals surface area contributed by atoms with Gasteiger partial charge in [-0.1, -0.05) is 0 Å². The van der Waals surface area contributed by atoms with Gasteiger partial charge in [-0.15, -0.1) is 0 Å². The van der Waals surface area contributed by atoms with Crippen LogP contribution in [0.5, 0.6) is 11.5 Å². The van der Waals surface area contributed by atoms with E-state index in [1.165, 1.54) is 7.11 Å². The number of rotatable bonds is 5. The zero-order valence-electron chi connectivity index (χ0n) is 13.1.